The molecule has 0 amide bonds. The van der Waals surface area contributed by atoms with E-state index in [2.05, 4.69) is 20.0 Å². The molecule has 2 bridgehead atoms. The summed E-state index contributed by atoms with van der Waals surface area (Å²) >= 11 is 6.73. The van der Waals surface area contributed by atoms with Gasteiger partial charge in [-0.2, -0.15) is 9.97 Å². The largest absolute Gasteiger partial charge is 0.508 e. The molecule has 6 aliphatic rings. The Morgan fingerprint density at radius 2 is 1.91 bits per heavy atom. The van der Waals surface area contributed by atoms with Crippen LogP contribution in [-0.4, -0.2) is 76.4 Å². The molecule has 1 aromatic heterocycles. The van der Waals surface area contributed by atoms with E-state index in [9.17, 15) is 5.11 Å². The number of piperazine rings is 1. The van der Waals surface area contributed by atoms with E-state index in [-0.39, 0.29) is 11.3 Å². The second-order valence-corrected chi connectivity index (χ2v) is 14.5. The van der Waals surface area contributed by atoms with E-state index >= 15 is 0 Å². The van der Waals surface area contributed by atoms with Gasteiger partial charge in [0, 0.05) is 54.8 Å². The lowest BCUT2D eigenvalue weighted by atomic mass is 9.90. The van der Waals surface area contributed by atoms with Gasteiger partial charge in [-0.1, -0.05) is 30.2 Å². The molecule has 5 fully saturated rings. The maximum Gasteiger partial charge on any atom is 0.318 e. The fraction of sp³-hybridized carbons (Fsp3) is 0.588. The molecule has 8 nitrogen and oxygen atoms in total. The summed E-state index contributed by atoms with van der Waals surface area (Å²) in [5.41, 5.74) is 3.38. The van der Waals surface area contributed by atoms with Crippen LogP contribution in [0.25, 0.3) is 10.8 Å². The number of phenols is 1. The number of hydrogen-bond donors (Lipinski definition) is 2. The number of benzene rings is 2. The van der Waals surface area contributed by atoms with Crippen molar-refractivity contribution < 1.29 is 9.84 Å². The van der Waals surface area contributed by atoms with Crippen molar-refractivity contribution in [3.8, 4) is 11.8 Å². The maximum atomic E-state index is 10.6. The van der Waals surface area contributed by atoms with Crippen LogP contribution >= 0.6 is 11.6 Å². The Labute approximate surface area is 258 Å². The van der Waals surface area contributed by atoms with E-state index in [1.165, 1.54) is 63.5 Å². The van der Waals surface area contributed by atoms with Gasteiger partial charge in [0.1, 0.15) is 18.2 Å². The molecular weight excluding hydrogens is 560 g/mol. The molecule has 2 N–H and O–H groups in total. The number of aromatic hydroxyl groups is 1. The fourth-order valence-corrected chi connectivity index (χ4v) is 10.0. The summed E-state index contributed by atoms with van der Waals surface area (Å²) in [6.07, 6.45) is 11.2. The van der Waals surface area contributed by atoms with Crippen LogP contribution in [0.1, 0.15) is 62.6 Å². The Morgan fingerprint density at radius 3 is 2.79 bits per heavy atom. The molecule has 0 spiro atoms. The highest BCUT2D eigenvalue weighted by Gasteiger charge is 2.55. The summed E-state index contributed by atoms with van der Waals surface area (Å²) in [7, 11) is 0. The highest BCUT2D eigenvalue weighted by Crippen LogP contribution is 2.51. The second kappa shape index (κ2) is 10.1. The third kappa shape index (κ3) is 4.38. The molecule has 5 atom stereocenters. The lowest BCUT2D eigenvalue weighted by molar-refractivity contribution is 0.0829. The van der Waals surface area contributed by atoms with Crippen molar-refractivity contribution in [2.24, 2.45) is 5.92 Å². The van der Waals surface area contributed by atoms with Crippen molar-refractivity contribution in [1.29, 1.82) is 0 Å². The lowest BCUT2D eigenvalue weighted by Gasteiger charge is -2.38. The normalized spacial score (nSPS) is 31.5. The number of rotatable bonds is 5. The summed E-state index contributed by atoms with van der Waals surface area (Å²) < 4.78 is 6.69. The van der Waals surface area contributed by atoms with Crippen LogP contribution < -0.4 is 19.9 Å². The van der Waals surface area contributed by atoms with Gasteiger partial charge >= 0.3 is 6.01 Å². The van der Waals surface area contributed by atoms with E-state index in [0.717, 1.165) is 66.0 Å². The number of halogens is 1. The van der Waals surface area contributed by atoms with Gasteiger partial charge in [-0.25, -0.2) is 0 Å². The Balaban J connectivity index is 1.06. The van der Waals surface area contributed by atoms with Crippen LogP contribution in [0.4, 0.5) is 11.5 Å². The van der Waals surface area contributed by atoms with Crippen molar-refractivity contribution in [2.45, 2.75) is 88.0 Å². The first-order chi connectivity index (χ1) is 21.0. The average Bonchev–Trinajstić information content (AvgIpc) is 3.76. The second-order valence-electron chi connectivity index (χ2n) is 14.0. The van der Waals surface area contributed by atoms with Crippen molar-refractivity contribution in [2.75, 3.05) is 42.6 Å². The van der Waals surface area contributed by atoms with Gasteiger partial charge < -0.3 is 25.0 Å². The molecule has 0 radical (unpaired) electrons. The van der Waals surface area contributed by atoms with Crippen molar-refractivity contribution in [3.63, 3.8) is 0 Å². The SMILES string of the molecule is Oc1cc(N2CCc3c(nc(OC[C@]45CCCN4[C@@H]4CCC[C@@H]4C5)nc3N3CC4CCC(C3)N4)C2)c2c(Cl)cccc2c1. The van der Waals surface area contributed by atoms with Crippen molar-refractivity contribution in [3.05, 3.63) is 46.6 Å². The summed E-state index contributed by atoms with van der Waals surface area (Å²) in [6, 6.07) is 11.8. The molecule has 226 valence electrons. The molecule has 2 aromatic carbocycles. The third-order valence-electron chi connectivity index (χ3n) is 11.6. The zero-order chi connectivity index (χ0) is 28.7. The van der Waals surface area contributed by atoms with Gasteiger partial charge in [-0.05, 0) is 81.3 Å². The minimum absolute atomic E-state index is 0.145. The first-order valence-corrected chi connectivity index (χ1v) is 16.9. The van der Waals surface area contributed by atoms with Crippen LogP contribution in [-0.2, 0) is 13.0 Å². The molecule has 1 aliphatic carbocycles. The summed E-state index contributed by atoms with van der Waals surface area (Å²) in [5, 5.41) is 17.0. The molecule has 2 unspecified atom stereocenters. The molecular formula is C34H41ClN6O2. The Hall–Kier alpha value is -2.81. The highest BCUT2D eigenvalue weighted by molar-refractivity contribution is 6.36. The number of nitrogens with zero attached hydrogens (tertiary/aromatic N) is 5. The monoisotopic (exact) mass is 600 g/mol. The average molecular weight is 601 g/mol. The number of nitrogens with one attached hydrogen (secondary N) is 1. The highest BCUT2D eigenvalue weighted by atomic mass is 35.5. The van der Waals surface area contributed by atoms with Crippen LogP contribution in [0.15, 0.2) is 30.3 Å². The standard InChI is InChI=1S/C34H41ClN6O2/c35-27-6-1-4-21-14-25(42)15-30(31(21)27)39-13-10-26-28(19-39)37-33(38-32(26)40-17-23-8-9-24(18-40)36-23)43-20-34-11-3-12-41(34)29-7-2-5-22(29)16-34/h1,4,6,14-15,22-24,29,36,42H,2-3,5,7-13,16-20H2/t22-,23?,24?,29-,34-/m1/s1. The Morgan fingerprint density at radius 1 is 1.02 bits per heavy atom. The lowest BCUT2D eigenvalue weighted by Crippen LogP contribution is -2.52. The zero-order valence-electron chi connectivity index (χ0n) is 24.8. The topological polar surface area (TPSA) is 77.0 Å². The van der Waals surface area contributed by atoms with Gasteiger partial charge in [0.2, 0.25) is 0 Å². The number of phenolic OH excluding ortho intramolecular Hbond substituents is 1. The van der Waals surface area contributed by atoms with Crippen molar-refractivity contribution in [1.82, 2.24) is 20.2 Å². The van der Waals surface area contributed by atoms with Gasteiger partial charge in [0.25, 0.3) is 0 Å². The first kappa shape index (κ1) is 26.6. The number of aromatic nitrogens is 2. The number of ether oxygens (including phenoxy) is 1. The Kier molecular flexibility index (Phi) is 6.25. The van der Waals surface area contributed by atoms with Gasteiger partial charge in [0.05, 0.1) is 28.5 Å². The number of anilines is 2. The van der Waals surface area contributed by atoms with Gasteiger partial charge in [-0.15, -0.1) is 0 Å². The molecule has 4 saturated heterocycles. The third-order valence-corrected chi connectivity index (χ3v) is 11.9. The maximum absolute atomic E-state index is 10.6. The Bertz CT molecular complexity index is 1570. The fourth-order valence-electron chi connectivity index (χ4n) is 9.75. The molecule has 6 heterocycles. The van der Waals surface area contributed by atoms with Gasteiger partial charge in [0.15, 0.2) is 0 Å². The van der Waals surface area contributed by atoms with Crippen molar-refractivity contribution >= 4 is 33.9 Å². The molecule has 9 rings (SSSR count). The molecule has 5 aliphatic heterocycles. The number of hydrogen-bond acceptors (Lipinski definition) is 8. The van der Waals surface area contributed by atoms with Gasteiger partial charge in [-0.3, -0.25) is 4.90 Å². The van der Waals surface area contributed by atoms with Crippen LogP contribution in [0.3, 0.4) is 0 Å². The first-order valence-electron chi connectivity index (χ1n) is 16.5. The van der Waals surface area contributed by atoms with E-state index in [1.807, 2.05) is 24.3 Å². The predicted octanol–water partition coefficient (Wildman–Crippen LogP) is 5.28. The summed E-state index contributed by atoms with van der Waals surface area (Å²) in [4.78, 5) is 17.9. The van der Waals surface area contributed by atoms with Crippen LogP contribution in [0.5, 0.6) is 11.8 Å². The quantitative estimate of drug-likeness (QED) is 0.410. The summed E-state index contributed by atoms with van der Waals surface area (Å²) in [6.45, 7) is 5.30. The van der Waals surface area contributed by atoms with E-state index in [0.29, 0.717) is 36.3 Å². The predicted molar refractivity (Wildman–Crippen MR) is 169 cm³/mol. The zero-order valence-corrected chi connectivity index (χ0v) is 25.5. The van der Waals surface area contributed by atoms with Crippen LogP contribution in [0.2, 0.25) is 5.02 Å². The molecule has 9 heteroatoms. The minimum atomic E-state index is 0.145. The number of fused-ring (bicyclic) bond motifs is 7. The van der Waals surface area contributed by atoms with E-state index in [1.54, 1.807) is 6.07 Å². The molecule has 3 aromatic rings. The van der Waals surface area contributed by atoms with E-state index < -0.39 is 0 Å². The smallest absolute Gasteiger partial charge is 0.318 e. The van der Waals surface area contributed by atoms with Crippen LogP contribution in [0, 0.1) is 5.92 Å². The minimum Gasteiger partial charge on any atom is -0.508 e. The molecule has 1 saturated carbocycles. The summed E-state index contributed by atoms with van der Waals surface area (Å²) in [5.74, 6) is 2.15. The molecule has 43 heavy (non-hydrogen) atoms. The van der Waals surface area contributed by atoms with E-state index in [4.69, 9.17) is 26.3 Å².